The van der Waals surface area contributed by atoms with Crippen molar-refractivity contribution < 1.29 is 4.79 Å². The molecule has 1 amide bonds. The molecule has 2 N–H and O–H groups in total. The molecule has 1 aliphatic rings. The number of amides is 1. The zero-order valence-corrected chi connectivity index (χ0v) is 11.5. The van der Waals surface area contributed by atoms with E-state index in [2.05, 4.69) is 20.8 Å². The van der Waals surface area contributed by atoms with Crippen molar-refractivity contribution in [3.63, 3.8) is 0 Å². The largest absolute Gasteiger partial charge is 0.341 e. The normalized spacial score (nSPS) is 21.5. The van der Waals surface area contributed by atoms with Gasteiger partial charge in [-0.05, 0) is 24.7 Å². The van der Waals surface area contributed by atoms with Crippen LogP contribution in [0.1, 0.15) is 46.5 Å². The Hall–Kier alpha value is -0.280. The molecule has 0 spiro atoms. The predicted octanol–water partition coefficient (Wildman–Crippen LogP) is 2.18. The van der Waals surface area contributed by atoms with Gasteiger partial charge in [0.1, 0.15) is 0 Å². The van der Waals surface area contributed by atoms with Crippen molar-refractivity contribution in [3.8, 4) is 0 Å². The molecule has 1 heterocycles. The van der Waals surface area contributed by atoms with Gasteiger partial charge in [0, 0.05) is 25.6 Å². The second-order valence-electron chi connectivity index (χ2n) is 5.80. The smallest absolute Gasteiger partial charge is 0.222 e. The first-order chi connectivity index (χ1) is 6.88. The zero-order chi connectivity index (χ0) is 11.5. The van der Waals surface area contributed by atoms with E-state index < -0.39 is 0 Å². The molecule has 0 aromatic rings. The highest BCUT2D eigenvalue weighted by atomic mass is 35.5. The monoisotopic (exact) mass is 248 g/mol. The standard InChI is InChI=1S/C12H24N2O.ClH/c1-12(2,3)7-6-11(15)14-8-4-5-10(13)9-14;/h10H,4-9,13H2,1-3H3;1H/t10-;/m1./s1. The maximum absolute atomic E-state index is 11.9. The van der Waals surface area contributed by atoms with Gasteiger partial charge in [-0.2, -0.15) is 0 Å². The number of nitrogens with zero attached hydrogens (tertiary/aromatic N) is 1. The molecule has 0 radical (unpaired) electrons. The average Bonchev–Trinajstić information content (AvgIpc) is 2.13. The second kappa shape index (κ2) is 6.45. The summed E-state index contributed by atoms with van der Waals surface area (Å²) < 4.78 is 0. The summed E-state index contributed by atoms with van der Waals surface area (Å²) in [7, 11) is 0. The lowest BCUT2D eigenvalue weighted by molar-refractivity contribution is -0.132. The molecule has 0 aromatic carbocycles. The Morgan fingerprint density at radius 2 is 2.06 bits per heavy atom. The first-order valence-electron chi connectivity index (χ1n) is 5.92. The van der Waals surface area contributed by atoms with Crippen LogP contribution in [-0.2, 0) is 4.79 Å². The van der Waals surface area contributed by atoms with Gasteiger partial charge < -0.3 is 10.6 Å². The van der Waals surface area contributed by atoms with Gasteiger partial charge in [-0.25, -0.2) is 0 Å². The summed E-state index contributed by atoms with van der Waals surface area (Å²) in [5, 5.41) is 0. The number of halogens is 1. The molecule has 4 heteroatoms. The van der Waals surface area contributed by atoms with Gasteiger partial charge in [-0.1, -0.05) is 20.8 Å². The third-order valence-corrected chi connectivity index (χ3v) is 2.90. The number of nitrogens with two attached hydrogens (primary N) is 1. The molecule has 0 aromatic heterocycles. The molecule has 1 fully saturated rings. The number of carbonyl (C=O) groups is 1. The Morgan fingerprint density at radius 1 is 1.44 bits per heavy atom. The second-order valence-corrected chi connectivity index (χ2v) is 5.80. The van der Waals surface area contributed by atoms with Crippen LogP contribution in [0.25, 0.3) is 0 Å². The van der Waals surface area contributed by atoms with Crippen molar-refractivity contribution >= 4 is 18.3 Å². The van der Waals surface area contributed by atoms with Crippen LogP contribution in [0, 0.1) is 5.41 Å². The first kappa shape index (κ1) is 15.7. The molecule has 1 rings (SSSR count). The molecule has 16 heavy (non-hydrogen) atoms. The number of carbonyl (C=O) groups excluding carboxylic acids is 1. The number of rotatable bonds is 2. The minimum atomic E-state index is 0. The highest BCUT2D eigenvalue weighted by Gasteiger charge is 2.22. The lowest BCUT2D eigenvalue weighted by Gasteiger charge is -2.31. The van der Waals surface area contributed by atoms with Crippen LogP contribution in [0.3, 0.4) is 0 Å². The summed E-state index contributed by atoms with van der Waals surface area (Å²) in [6.07, 6.45) is 3.74. The van der Waals surface area contributed by atoms with E-state index in [1.165, 1.54) is 0 Å². The van der Waals surface area contributed by atoms with Gasteiger partial charge in [-0.3, -0.25) is 4.79 Å². The maximum atomic E-state index is 11.9. The SMILES string of the molecule is CC(C)(C)CCC(=O)N1CCC[C@@H](N)C1.Cl. The molecule has 1 atom stereocenters. The summed E-state index contributed by atoms with van der Waals surface area (Å²) in [5.41, 5.74) is 6.09. The van der Waals surface area contributed by atoms with Crippen molar-refractivity contribution in [2.45, 2.75) is 52.5 Å². The van der Waals surface area contributed by atoms with Crippen LogP contribution >= 0.6 is 12.4 Å². The highest BCUT2D eigenvalue weighted by Crippen LogP contribution is 2.21. The summed E-state index contributed by atoms with van der Waals surface area (Å²) in [6, 6.07) is 0.192. The van der Waals surface area contributed by atoms with Crippen LogP contribution in [0.15, 0.2) is 0 Å². The fraction of sp³-hybridized carbons (Fsp3) is 0.917. The Balaban J connectivity index is 0.00000225. The van der Waals surface area contributed by atoms with Crippen LogP contribution in [0.5, 0.6) is 0 Å². The molecule has 0 unspecified atom stereocenters. The third-order valence-electron chi connectivity index (χ3n) is 2.90. The molecule has 0 saturated carbocycles. The van der Waals surface area contributed by atoms with E-state index in [1.807, 2.05) is 4.90 Å². The quantitative estimate of drug-likeness (QED) is 0.814. The third kappa shape index (κ3) is 5.71. The molecular formula is C12H25ClN2O. The van der Waals surface area contributed by atoms with Gasteiger partial charge in [-0.15, -0.1) is 12.4 Å². The summed E-state index contributed by atoms with van der Waals surface area (Å²) >= 11 is 0. The van der Waals surface area contributed by atoms with Crippen molar-refractivity contribution in [2.24, 2.45) is 11.1 Å². The van der Waals surface area contributed by atoms with Crippen molar-refractivity contribution in [2.75, 3.05) is 13.1 Å². The van der Waals surface area contributed by atoms with E-state index in [4.69, 9.17) is 5.73 Å². The van der Waals surface area contributed by atoms with E-state index in [-0.39, 0.29) is 29.8 Å². The van der Waals surface area contributed by atoms with E-state index in [0.717, 1.165) is 32.4 Å². The van der Waals surface area contributed by atoms with E-state index in [9.17, 15) is 4.79 Å². The van der Waals surface area contributed by atoms with Crippen molar-refractivity contribution in [1.29, 1.82) is 0 Å². The maximum Gasteiger partial charge on any atom is 0.222 e. The van der Waals surface area contributed by atoms with Gasteiger partial charge in [0.15, 0.2) is 0 Å². The topological polar surface area (TPSA) is 46.3 Å². The van der Waals surface area contributed by atoms with Crippen molar-refractivity contribution in [3.05, 3.63) is 0 Å². The van der Waals surface area contributed by atoms with Crippen LogP contribution in [-0.4, -0.2) is 29.9 Å². The van der Waals surface area contributed by atoms with Crippen LogP contribution < -0.4 is 5.73 Å². The van der Waals surface area contributed by atoms with Gasteiger partial charge in [0.2, 0.25) is 5.91 Å². The fourth-order valence-electron chi connectivity index (χ4n) is 1.88. The van der Waals surface area contributed by atoms with Gasteiger partial charge in [0.25, 0.3) is 0 Å². The molecule has 3 nitrogen and oxygen atoms in total. The number of piperidine rings is 1. The minimum Gasteiger partial charge on any atom is -0.341 e. The lowest BCUT2D eigenvalue weighted by atomic mass is 9.90. The molecule has 1 aliphatic heterocycles. The van der Waals surface area contributed by atoms with Crippen LogP contribution in [0.2, 0.25) is 0 Å². The molecule has 0 aliphatic carbocycles. The molecule has 96 valence electrons. The lowest BCUT2D eigenvalue weighted by Crippen LogP contribution is -2.45. The highest BCUT2D eigenvalue weighted by molar-refractivity contribution is 5.85. The van der Waals surface area contributed by atoms with E-state index in [0.29, 0.717) is 6.42 Å². The zero-order valence-electron chi connectivity index (χ0n) is 10.7. The predicted molar refractivity (Wildman–Crippen MR) is 69.7 cm³/mol. The Kier molecular flexibility index (Phi) is 6.34. The van der Waals surface area contributed by atoms with E-state index in [1.54, 1.807) is 0 Å². The average molecular weight is 249 g/mol. The molecule has 1 saturated heterocycles. The summed E-state index contributed by atoms with van der Waals surface area (Å²) in [5.74, 6) is 0.278. The number of likely N-dealkylation sites (tertiary alicyclic amines) is 1. The molecule has 0 bridgehead atoms. The van der Waals surface area contributed by atoms with E-state index >= 15 is 0 Å². The Bertz CT molecular complexity index is 226. The van der Waals surface area contributed by atoms with Gasteiger partial charge >= 0.3 is 0 Å². The Morgan fingerprint density at radius 3 is 2.56 bits per heavy atom. The molecular weight excluding hydrogens is 224 g/mol. The first-order valence-corrected chi connectivity index (χ1v) is 5.92. The summed E-state index contributed by atoms with van der Waals surface area (Å²) in [6.45, 7) is 8.16. The number of hydrogen-bond acceptors (Lipinski definition) is 2. The number of hydrogen-bond donors (Lipinski definition) is 1. The summed E-state index contributed by atoms with van der Waals surface area (Å²) in [4.78, 5) is 13.8. The van der Waals surface area contributed by atoms with Crippen LogP contribution in [0.4, 0.5) is 0 Å². The van der Waals surface area contributed by atoms with Gasteiger partial charge in [0.05, 0.1) is 0 Å². The fourth-order valence-corrected chi connectivity index (χ4v) is 1.88. The minimum absolute atomic E-state index is 0. The Labute approximate surface area is 105 Å². The van der Waals surface area contributed by atoms with Crippen molar-refractivity contribution in [1.82, 2.24) is 4.90 Å².